The number of aromatic hydroxyl groups is 2. The van der Waals surface area contributed by atoms with Crippen LogP contribution in [0.25, 0.3) is 0 Å². The molecule has 0 aliphatic rings. The summed E-state index contributed by atoms with van der Waals surface area (Å²) in [6.07, 6.45) is 0.982. The minimum absolute atomic E-state index is 0. The van der Waals surface area contributed by atoms with Gasteiger partial charge in [-0.15, -0.1) is 0 Å². The Morgan fingerprint density at radius 1 is 0.778 bits per heavy atom. The summed E-state index contributed by atoms with van der Waals surface area (Å²) in [6.45, 7) is 2.13. The van der Waals surface area contributed by atoms with Crippen LogP contribution in [0.5, 0.6) is 11.5 Å². The summed E-state index contributed by atoms with van der Waals surface area (Å²) in [4.78, 5) is 0. The van der Waals surface area contributed by atoms with Gasteiger partial charge in [0.1, 0.15) is 11.5 Å². The van der Waals surface area contributed by atoms with E-state index in [1.54, 1.807) is 24.3 Å². The number of rotatable bonds is 3. The average molecular weight is 252 g/mol. The van der Waals surface area contributed by atoms with E-state index in [9.17, 15) is 10.2 Å². The molecular weight excluding hydrogens is 235 g/mol. The second kappa shape index (κ2) is 6.83. The molecule has 0 aromatic heterocycles. The van der Waals surface area contributed by atoms with E-state index in [1.165, 1.54) is 11.1 Å². The van der Waals surface area contributed by atoms with E-state index in [2.05, 4.69) is 6.92 Å². The van der Waals surface area contributed by atoms with E-state index in [-0.39, 0.29) is 41.1 Å². The summed E-state index contributed by atoms with van der Waals surface area (Å²) in [7, 11) is 0. The van der Waals surface area contributed by atoms with Crippen molar-refractivity contribution in [3.63, 3.8) is 0 Å². The molecule has 2 rings (SSSR count). The van der Waals surface area contributed by atoms with Crippen molar-refractivity contribution in [3.8, 4) is 11.5 Å². The molecule has 0 saturated carbocycles. The predicted octanol–water partition coefficient (Wildman–Crippen LogP) is 2.99. The van der Waals surface area contributed by atoms with Crippen LogP contribution in [0.2, 0.25) is 0 Å². The number of hydrogen-bond acceptors (Lipinski definition) is 2. The van der Waals surface area contributed by atoms with E-state index in [0.29, 0.717) is 5.92 Å². The summed E-state index contributed by atoms with van der Waals surface area (Å²) < 4.78 is 0. The van der Waals surface area contributed by atoms with Gasteiger partial charge < -0.3 is 10.2 Å². The van der Waals surface area contributed by atoms with Gasteiger partial charge in [-0.1, -0.05) is 31.2 Å². The first-order valence-electron chi connectivity index (χ1n) is 5.78. The van der Waals surface area contributed by atoms with Crippen LogP contribution in [0.1, 0.15) is 30.4 Å². The number of phenols is 2. The fourth-order valence-corrected chi connectivity index (χ4v) is 2.08. The molecule has 2 nitrogen and oxygen atoms in total. The monoisotopic (exact) mass is 252 g/mol. The Labute approximate surface area is 130 Å². The van der Waals surface area contributed by atoms with E-state index in [1.807, 2.05) is 24.3 Å². The topological polar surface area (TPSA) is 40.5 Å². The van der Waals surface area contributed by atoms with Crippen molar-refractivity contribution < 1.29 is 10.2 Å². The zero-order valence-electron chi connectivity index (χ0n) is 9.80. The van der Waals surface area contributed by atoms with Gasteiger partial charge >= 0.3 is 29.6 Å². The molecular formula is C15H17NaO2. The molecule has 0 saturated heterocycles. The van der Waals surface area contributed by atoms with Gasteiger partial charge in [-0.3, -0.25) is 0 Å². The van der Waals surface area contributed by atoms with Crippen LogP contribution in [0.15, 0.2) is 48.5 Å². The summed E-state index contributed by atoms with van der Waals surface area (Å²) in [5.74, 6) is 0.875. The van der Waals surface area contributed by atoms with E-state index >= 15 is 0 Å². The van der Waals surface area contributed by atoms with Gasteiger partial charge in [-0.05, 0) is 41.8 Å². The average Bonchev–Trinajstić information content (AvgIpc) is 2.35. The van der Waals surface area contributed by atoms with E-state index < -0.39 is 0 Å². The predicted molar refractivity (Wildman–Crippen MR) is 75.5 cm³/mol. The molecule has 2 aromatic carbocycles. The van der Waals surface area contributed by atoms with Crippen LogP contribution < -0.4 is 0 Å². The molecule has 2 N–H and O–H groups in total. The normalized spacial score (nSPS) is 10.1. The first-order valence-corrected chi connectivity index (χ1v) is 5.78. The molecule has 3 heteroatoms. The minimum atomic E-state index is 0. The third-order valence-corrected chi connectivity index (χ3v) is 3.00. The molecule has 0 atom stereocenters. The maximum atomic E-state index is 9.29. The molecule has 0 heterocycles. The quantitative estimate of drug-likeness (QED) is 0.824. The Bertz CT molecular complexity index is 431. The Balaban J connectivity index is 0.00000162. The number of benzene rings is 2. The zero-order chi connectivity index (χ0) is 12.3. The van der Waals surface area contributed by atoms with Crippen molar-refractivity contribution >= 4 is 29.6 Å². The summed E-state index contributed by atoms with van der Waals surface area (Å²) in [5, 5.41) is 18.6. The molecule has 0 unspecified atom stereocenters. The maximum absolute atomic E-state index is 9.29. The first kappa shape index (κ1) is 15.1. The first-order chi connectivity index (χ1) is 8.20. The van der Waals surface area contributed by atoms with Gasteiger partial charge in [0.25, 0.3) is 0 Å². The third kappa shape index (κ3) is 3.52. The molecule has 18 heavy (non-hydrogen) atoms. The molecule has 0 spiro atoms. The van der Waals surface area contributed by atoms with Crippen LogP contribution in [0, 0.1) is 0 Å². The van der Waals surface area contributed by atoms with Crippen molar-refractivity contribution in [3.05, 3.63) is 59.7 Å². The van der Waals surface area contributed by atoms with Crippen molar-refractivity contribution in [2.45, 2.75) is 19.3 Å². The summed E-state index contributed by atoms with van der Waals surface area (Å²) in [6, 6.07) is 14.6. The Kier molecular flexibility index (Phi) is 5.73. The molecule has 0 radical (unpaired) electrons. The van der Waals surface area contributed by atoms with Gasteiger partial charge in [0.15, 0.2) is 0 Å². The van der Waals surface area contributed by atoms with Crippen LogP contribution in [-0.4, -0.2) is 39.8 Å². The van der Waals surface area contributed by atoms with Crippen molar-refractivity contribution in [1.29, 1.82) is 0 Å². The molecule has 90 valence electrons. The number of hydrogen-bond donors (Lipinski definition) is 2. The SMILES string of the molecule is CCC(c1ccc(O)cc1)c1ccc(O)cc1.[NaH]. The molecule has 0 fully saturated rings. The summed E-state index contributed by atoms with van der Waals surface area (Å²) in [5.41, 5.74) is 2.35. The van der Waals surface area contributed by atoms with Gasteiger partial charge in [-0.25, -0.2) is 0 Å². The van der Waals surface area contributed by atoms with Crippen LogP contribution in [0.3, 0.4) is 0 Å². The molecule has 0 bridgehead atoms. The van der Waals surface area contributed by atoms with Crippen LogP contribution in [0.4, 0.5) is 0 Å². The van der Waals surface area contributed by atoms with Gasteiger partial charge in [0.05, 0.1) is 0 Å². The standard InChI is InChI=1S/C15H16O2.Na.H/c1-2-15(11-3-7-13(16)8-4-11)12-5-9-14(17)10-6-12;;/h3-10,15-17H,2H2,1H3;;. The van der Waals surface area contributed by atoms with Crippen molar-refractivity contribution in [1.82, 2.24) is 0 Å². The second-order valence-corrected chi connectivity index (χ2v) is 4.14. The molecule has 2 aromatic rings. The van der Waals surface area contributed by atoms with Crippen LogP contribution in [-0.2, 0) is 0 Å². The zero-order valence-corrected chi connectivity index (χ0v) is 9.80. The molecule has 0 aliphatic carbocycles. The van der Waals surface area contributed by atoms with E-state index in [0.717, 1.165) is 6.42 Å². The van der Waals surface area contributed by atoms with Gasteiger partial charge in [-0.2, -0.15) is 0 Å². The second-order valence-electron chi connectivity index (χ2n) is 4.14. The van der Waals surface area contributed by atoms with Gasteiger partial charge in [0, 0.05) is 5.92 Å². The molecule has 0 aliphatic heterocycles. The fraction of sp³-hybridized carbons (Fsp3) is 0.200. The van der Waals surface area contributed by atoms with E-state index in [4.69, 9.17) is 0 Å². The Hall–Kier alpha value is -0.960. The third-order valence-electron chi connectivity index (χ3n) is 3.00. The number of phenolic OH excluding ortho intramolecular Hbond substituents is 2. The van der Waals surface area contributed by atoms with Crippen molar-refractivity contribution in [2.24, 2.45) is 0 Å². The molecule has 0 amide bonds. The fourth-order valence-electron chi connectivity index (χ4n) is 2.08. The Morgan fingerprint density at radius 3 is 1.39 bits per heavy atom. The summed E-state index contributed by atoms with van der Waals surface area (Å²) >= 11 is 0. The van der Waals surface area contributed by atoms with Crippen molar-refractivity contribution in [2.75, 3.05) is 0 Å². The van der Waals surface area contributed by atoms with Gasteiger partial charge in [0.2, 0.25) is 0 Å². The van der Waals surface area contributed by atoms with Crippen LogP contribution >= 0.6 is 0 Å². The Morgan fingerprint density at radius 2 is 1.11 bits per heavy atom.